The molecule has 0 spiro atoms. The van der Waals surface area contributed by atoms with Gasteiger partial charge in [0.15, 0.2) is 5.13 Å². The quantitative estimate of drug-likeness (QED) is 0.907. The number of halogens is 1. The summed E-state index contributed by atoms with van der Waals surface area (Å²) in [4.78, 5) is 27.1. The molecule has 0 saturated carbocycles. The van der Waals surface area contributed by atoms with Crippen molar-refractivity contribution >= 4 is 45.6 Å². The number of nitrogens with one attached hydrogen (secondary N) is 2. The number of amides is 2. The second kappa shape index (κ2) is 6.69. The van der Waals surface area contributed by atoms with Gasteiger partial charge >= 0.3 is 0 Å². The zero-order valence-corrected chi connectivity index (χ0v) is 13.1. The Kier molecular flexibility index (Phi) is 4.93. The monoisotopic (exact) mass is 323 g/mol. The van der Waals surface area contributed by atoms with Crippen LogP contribution in [0.3, 0.4) is 0 Å². The van der Waals surface area contributed by atoms with Gasteiger partial charge in [0.25, 0.3) is 0 Å². The molecule has 0 saturated heterocycles. The molecule has 1 heterocycles. The lowest BCUT2D eigenvalue weighted by atomic mass is 10.2. The van der Waals surface area contributed by atoms with Crippen LogP contribution < -0.4 is 10.6 Å². The van der Waals surface area contributed by atoms with Gasteiger partial charge < -0.3 is 10.6 Å². The molecule has 0 unspecified atom stereocenters. The van der Waals surface area contributed by atoms with E-state index in [2.05, 4.69) is 15.6 Å². The molecule has 5 nitrogen and oxygen atoms in total. The van der Waals surface area contributed by atoms with E-state index in [0.29, 0.717) is 21.5 Å². The Labute approximate surface area is 131 Å². The highest BCUT2D eigenvalue weighted by atomic mass is 35.5. The van der Waals surface area contributed by atoms with Gasteiger partial charge in [-0.15, -0.1) is 11.3 Å². The molecule has 0 aliphatic heterocycles. The zero-order chi connectivity index (χ0) is 15.4. The summed E-state index contributed by atoms with van der Waals surface area (Å²) in [6.45, 7) is 3.26. The van der Waals surface area contributed by atoms with E-state index in [4.69, 9.17) is 11.6 Å². The van der Waals surface area contributed by atoms with E-state index in [1.165, 1.54) is 18.3 Å². The molecule has 0 aliphatic rings. The normalized spacial score (nSPS) is 10.2. The summed E-state index contributed by atoms with van der Waals surface area (Å²) in [6, 6.07) is 5.35. The summed E-state index contributed by atoms with van der Waals surface area (Å²) < 4.78 is 0. The molecule has 0 atom stereocenters. The molecule has 21 heavy (non-hydrogen) atoms. The summed E-state index contributed by atoms with van der Waals surface area (Å²) in [6.07, 6.45) is 0.141. The number of thiazole rings is 1. The Balaban J connectivity index is 2.00. The van der Waals surface area contributed by atoms with Gasteiger partial charge in [0.1, 0.15) is 0 Å². The zero-order valence-electron chi connectivity index (χ0n) is 11.6. The maximum atomic E-state index is 12.0. The SMILES string of the molecule is CC(=O)Nc1nc(CC(=O)Nc2cccc(Cl)c2C)cs1. The maximum absolute atomic E-state index is 12.0. The summed E-state index contributed by atoms with van der Waals surface area (Å²) in [5, 5.41) is 8.23. The van der Waals surface area contributed by atoms with Crippen molar-refractivity contribution < 1.29 is 9.59 Å². The van der Waals surface area contributed by atoms with Gasteiger partial charge in [-0.1, -0.05) is 17.7 Å². The van der Waals surface area contributed by atoms with Crippen LogP contribution in [-0.2, 0) is 16.0 Å². The third-order valence-electron chi connectivity index (χ3n) is 2.72. The first-order chi connectivity index (χ1) is 9.95. The molecule has 2 rings (SSSR count). The predicted molar refractivity (Wildman–Crippen MR) is 84.9 cm³/mol. The molecule has 0 bridgehead atoms. The van der Waals surface area contributed by atoms with Gasteiger partial charge in [0.05, 0.1) is 12.1 Å². The number of rotatable bonds is 4. The van der Waals surface area contributed by atoms with Crippen LogP contribution in [0.15, 0.2) is 23.6 Å². The third kappa shape index (κ3) is 4.27. The number of hydrogen-bond acceptors (Lipinski definition) is 4. The molecule has 1 aromatic heterocycles. The fourth-order valence-corrected chi connectivity index (χ4v) is 2.63. The molecule has 7 heteroatoms. The molecule has 1 aromatic carbocycles. The fourth-order valence-electron chi connectivity index (χ4n) is 1.70. The summed E-state index contributed by atoms with van der Waals surface area (Å²) in [5.41, 5.74) is 2.12. The van der Waals surface area contributed by atoms with Crippen molar-refractivity contribution in [3.8, 4) is 0 Å². The van der Waals surface area contributed by atoms with Crippen molar-refractivity contribution in [2.24, 2.45) is 0 Å². The molecular formula is C14H14ClN3O2S. The maximum Gasteiger partial charge on any atom is 0.230 e. The number of carbonyl (C=O) groups excluding carboxylic acids is 2. The first-order valence-electron chi connectivity index (χ1n) is 6.22. The Morgan fingerprint density at radius 2 is 2.10 bits per heavy atom. The van der Waals surface area contributed by atoms with Crippen molar-refractivity contribution in [2.45, 2.75) is 20.3 Å². The minimum absolute atomic E-state index is 0.141. The second-order valence-corrected chi connectivity index (χ2v) is 5.73. The van der Waals surface area contributed by atoms with Crippen LogP contribution in [-0.4, -0.2) is 16.8 Å². The van der Waals surface area contributed by atoms with Gasteiger partial charge in [-0.25, -0.2) is 4.98 Å². The van der Waals surface area contributed by atoms with Crippen molar-refractivity contribution in [1.29, 1.82) is 0 Å². The molecule has 2 N–H and O–H groups in total. The van der Waals surface area contributed by atoms with Gasteiger partial charge in [0, 0.05) is 23.0 Å². The van der Waals surface area contributed by atoms with Crippen molar-refractivity contribution in [1.82, 2.24) is 4.98 Å². The highest BCUT2D eigenvalue weighted by Gasteiger charge is 2.10. The number of hydrogen-bond donors (Lipinski definition) is 2. The van der Waals surface area contributed by atoms with Crippen LogP contribution in [0, 0.1) is 6.92 Å². The van der Waals surface area contributed by atoms with E-state index in [-0.39, 0.29) is 18.2 Å². The number of anilines is 2. The summed E-state index contributed by atoms with van der Waals surface area (Å²) in [7, 11) is 0. The van der Waals surface area contributed by atoms with Crippen molar-refractivity contribution in [2.75, 3.05) is 10.6 Å². The smallest absolute Gasteiger partial charge is 0.230 e. The fraction of sp³-hybridized carbons (Fsp3) is 0.214. The largest absolute Gasteiger partial charge is 0.325 e. The molecule has 0 fully saturated rings. The molecular weight excluding hydrogens is 310 g/mol. The minimum atomic E-state index is -0.185. The van der Waals surface area contributed by atoms with Crippen molar-refractivity contribution in [3.05, 3.63) is 39.9 Å². The number of nitrogens with zero attached hydrogens (tertiary/aromatic N) is 1. The van der Waals surface area contributed by atoms with E-state index in [9.17, 15) is 9.59 Å². The van der Waals surface area contributed by atoms with Gasteiger partial charge in [-0.05, 0) is 24.6 Å². The Morgan fingerprint density at radius 1 is 1.33 bits per heavy atom. The highest BCUT2D eigenvalue weighted by molar-refractivity contribution is 7.13. The summed E-state index contributed by atoms with van der Waals surface area (Å²) >= 11 is 7.29. The van der Waals surface area contributed by atoms with E-state index in [1.54, 1.807) is 23.6 Å². The van der Waals surface area contributed by atoms with Crippen LogP contribution in [0.5, 0.6) is 0 Å². The third-order valence-corrected chi connectivity index (χ3v) is 3.93. The lowest BCUT2D eigenvalue weighted by molar-refractivity contribution is -0.116. The van der Waals surface area contributed by atoms with E-state index >= 15 is 0 Å². The molecule has 2 aromatic rings. The first-order valence-corrected chi connectivity index (χ1v) is 7.48. The van der Waals surface area contributed by atoms with Crippen LogP contribution in [0.25, 0.3) is 0 Å². The van der Waals surface area contributed by atoms with Gasteiger partial charge in [0.2, 0.25) is 11.8 Å². The minimum Gasteiger partial charge on any atom is -0.325 e. The average Bonchev–Trinajstić information content (AvgIpc) is 2.81. The number of carbonyl (C=O) groups is 2. The van der Waals surface area contributed by atoms with Crippen LogP contribution in [0.1, 0.15) is 18.2 Å². The topological polar surface area (TPSA) is 71.1 Å². The highest BCUT2D eigenvalue weighted by Crippen LogP contribution is 2.23. The lowest BCUT2D eigenvalue weighted by Crippen LogP contribution is -2.15. The average molecular weight is 324 g/mol. The first kappa shape index (κ1) is 15.5. The van der Waals surface area contributed by atoms with E-state index in [0.717, 1.165) is 5.56 Å². The number of benzene rings is 1. The van der Waals surface area contributed by atoms with Gasteiger partial charge in [-0.3, -0.25) is 9.59 Å². The second-order valence-electron chi connectivity index (χ2n) is 4.46. The van der Waals surface area contributed by atoms with Gasteiger partial charge in [-0.2, -0.15) is 0 Å². The van der Waals surface area contributed by atoms with Crippen LogP contribution in [0.2, 0.25) is 5.02 Å². The number of aromatic nitrogens is 1. The Bertz CT molecular complexity index is 685. The van der Waals surface area contributed by atoms with Crippen molar-refractivity contribution in [3.63, 3.8) is 0 Å². The lowest BCUT2D eigenvalue weighted by Gasteiger charge is -2.08. The Morgan fingerprint density at radius 3 is 2.81 bits per heavy atom. The molecule has 0 radical (unpaired) electrons. The predicted octanol–water partition coefficient (Wildman–Crippen LogP) is 3.24. The van der Waals surface area contributed by atoms with Crippen LogP contribution >= 0.6 is 22.9 Å². The molecule has 0 aliphatic carbocycles. The van der Waals surface area contributed by atoms with Crippen LogP contribution in [0.4, 0.5) is 10.8 Å². The summed E-state index contributed by atoms with van der Waals surface area (Å²) in [5.74, 6) is -0.366. The molecule has 110 valence electrons. The van der Waals surface area contributed by atoms with E-state index in [1.807, 2.05) is 6.92 Å². The Hall–Kier alpha value is -1.92. The standard InChI is InChI=1S/C14H14ClN3O2S/c1-8-11(15)4-3-5-12(8)18-13(20)6-10-7-21-14(17-10)16-9(2)19/h3-5,7H,6H2,1-2H3,(H,18,20)(H,16,17,19). The molecule has 2 amide bonds. The van der Waals surface area contributed by atoms with E-state index < -0.39 is 0 Å².